The lowest BCUT2D eigenvalue weighted by Gasteiger charge is -1.99. The molecule has 0 saturated heterocycles. The van der Waals surface area contributed by atoms with Crippen molar-refractivity contribution in [3.8, 4) is 0 Å². The Bertz CT molecular complexity index is 438. The quantitative estimate of drug-likeness (QED) is 0.582. The number of hydrogen-bond donors (Lipinski definition) is 1. The number of anilines is 1. The first-order valence-electron chi connectivity index (χ1n) is 3.31. The molecule has 0 bridgehead atoms. The molecule has 2 rings (SSSR count). The molecule has 0 saturated carbocycles. The summed E-state index contributed by atoms with van der Waals surface area (Å²) in [4.78, 5) is 0. The van der Waals surface area contributed by atoms with Crippen molar-refractivity contribution >= 4 is 61.3 Å². The average Bonchev–Trinajstić information content (AvgIpc) is 2.41. The molecule has 1 nitrogen and oxygen atoms in total. The smallest absolute Gasteiger partial charge is 0.0643 e. The molecule has 0 aliphatic heterocycles. The molecule has 1 aromatic heterocycles. The lowest BCUT2D eigenvalue weighted by Crippen LogP contribution is -1.86. The molecular formula is C8H5ClINS. The second-order valence-electron chi connectivity index (χ2n) is 2.42. The van der Waals surface area contributed by atoms with E-state index in [-0.39, 0.29) is 0 Å². The van der Waals surface area contributed by atoms with E-state index < -0.39 is 0 Å². The van der Waals surface area contributed by atoms with Crippen LogP contribution in [0.3, 0.4) is 0 Å². The van der Waals surface area contributed by atoms with Crippen LogP contribution in [0.1, 0.15) is 0 Å². The van der Waals surface area contributed by atoms with Crippen LogP contribution >= 0.6 is 45.5 Å². The Morgan fingerprint density at radius 2 is 2.17 bits per heavy atom. The topological polar surface area (TPSA) is 26.0 Å². The van der Waals surface area contributed by atoms with Gasteiger partial charge < -0.3 is 5.73 Å². The molecule has 1 aromatic carbocycles. The third kappa shape index (κ3) is 1.20. The van der Waals surface area contributed by atoms with Crippen molar-refractivity contribution < 1.29 is 0 Å². The molecule has 0 aliphatic rings. The predicted molar refractivity (Wildman–Crippen MR) is 64.0 cm³/mol. The molecule has 12 heavy (non-hydrogen) atoms. The summed E-state index contributed by atoms with van der Waals surface area (Å²) in [5.41, 5.74) is 6.53. The maximum absolute atomic E-state index is 5.89. The number of halogens is 2. The van der Waals surface area contributed by atoms with Gasteiger partial charge in [-0.1, -0.05) is 11.6 Å². The van der Waals surface area contributed by atoms with Crippen molar-refractivity contribution in [2.45, 2.75) is 0 Å². The summed E-state index contributed by atoms with van der Waals surface area (Å²) in [5.74, 6) is 0. The molecule has 0 atom stereocenters. The van der Waals surface area contributed by atoms with E-state index in [4.69, 9.17) is 17.3 Å². The summed E-state index contributed by atoms with van der Waals surface area (Å²) >= 11 is 9.85. The Hall–Kier alpha value is -0.000000000000000111. The van der Waals surface area contributed by atoms with Gasteiger partial charge in [0.1, 0.15) is 0 Å². The van der Waals surface area contributed by atoms with Crippen molar-refractivity contribution in [3.05, 3.63) is 26.1 Å². The van der Waals surface area contributed by atoms with E-state index in [0.29, 0.717) is 10.7 Å². The molecule has 0 unspecified atom stereocenters. The summed E-state index contributed by atoms with van der Waals surface area (Å²) < 4.78 is 2.37. The second kappa shape index (κ2) is 3.05. The summed E-state index contributed by atoms with van der Waals surface area (Å²) in [6, 6.07) is 3.84. The van der Waals surface area contributed by atoms with Crippen LogP contribution in [0.4, 0.5) is 5.69 Å². The number of hydrogen-bond acceptors (Lipinski definition) is 2. The van der Waals surface area contributed by atoms with Gasteiger partial charge in [0.2, 0.25) is 0 Å². The third-order valence-corrected chi connectivity index (χ3v) is 4.23. The van der Waals surface area contributed by atoms with E-state index >= 15 is 0 Å². The minimum Gasteiger partial charge on any atom is -0.397 e. The van der Waals surface area contributed by atoms with Crippen LogP contribution in [-0.2, 0) is 0 Å². The van der Waals surface area contributed by atoms with E-state index in [0.717, 1.165) is 5.39 Å². The van der Waals surface area contributed by atoms with Gasteiger partial charge in [0.25, 0.3) is 0 Å². The van der Waals surface area contributed by atoms with Crippen LogP contribution in [0.15, 0.2) is 17.5 Å². The van der Waals surface area contributed by atoms with Gasteiger partial charge in [0.15, 0.2) is 0 Å². The van der Waals surface area contributed by atoms with Crippen molar-refractivity contribution in [3.63, 3.8) is 0 Å². The summed E-state index contributed by atoms with van der Waals surface area (Å²) in [5, 5.41) is 3.81. The Labute approximate surface area is 92.7 Å². The molecule has 0 amide bonds. The fourth-order valence-electron chi connectivity index (χ4n) is 1.09. The summed E-state index contributed by atoms with van der Waals surface area (Å²) in [7, 11) is 0. The van der Waals surface area contributed by atoms with Gasteiger partial charge in [-0.05, 0) is 34.7 Å². The van der Waals surface area contributed by atoms with Crippen LogP contribution < -0.4 is 5.73 Å². The van der Waals surface area contributed by atoms with Gasteiger partial charge in [-0.3, -0.25) is 0 Å². The Kier molecular flexibility index (Phi) is 2.18. The van der Waals surface area contributed by atoms with E-state index in [1.165, 1.54) is 8.27 Å². The lowest BCUT2D eigenvalue weighted by atomic mass is 10.2. The Morgan fingerprint density at radius 3 is 2.92 bits per heavy atom. The molecule has 4 heteroatoms. The second-order valence-corrected chi connectivity index (χ2v) is 4.90. The molecule has 2 N–H and O–H groups in total. The fourth-order valence-corrected chi connectivity index (χ4v) is 3.23. The van der Waals surface area contributed by atoms with E-state index in [1.807, 2.05) is 12.1 Å². The molecular weight excluding hydrogens is 305 g/mol. The number of nitrogens with two attached hydrogens (primary N) is 1. The monoisotopic (exact) mass is 309 g/mol. The minimum atomic E-state index is 0.638. The van der Waals surface area contributed by atoms with E-state index in [1.54, 1.807) is 11.3 Å². The van der Waals surface area contributed by atoms with Crippen molar-refractivity contribution in [1.29, 1.82) is 0 Å². The van der Waals surface area contributed by atoms with Crippen molar-refractivity contribution in [1.82, 2.24) is 0 Å². The average molecular weight is 310 g/mol. The number of benzene rings is 1. The number of thiophene rings is 1. The molecule has 0 radical (unpaired) electrons. The van der Waals surface area contributed by atoms with Gasteiger partial charge in [-0.15, -0.1) is 11.3 Å². The molecule has 0 aliphatic carbocycles. The lowest BCUT2D eigenvalue weighted by molar-refractivity contribution is 1.78. The predicted octanol–water partition coefficient (Wildman–Crippen LogP) is 3.74. The maximum atomic E-state index is 5.89. The SMILES string of the molecule is Nc1c(Cl)ccc2scc(I)c12. The molecule has 62 valence electrons. The molecule has 2 aromatic rings. The van der Waals surface area contributed by atoms with Crippen LogP contribution in [-0.4, -0.2) is 0 Å². The highest BCUT2D eigenvalue weighted by Gasteiger charge is 2.07. The third-order valence-electron chi connectivity index (χ3n) is 1.68. The summed E-state index contributed by atoms with van der Waals surface area (Å²) in [6.07, 6.45) is 0. The van der Waals surface area contributed by atoms with Gasteiger partial charge in [0, 0.05) is 19.0 Å². The highest BCUT2D eigenvalue weighted by molar-refractivity contribution is 14.1. The zero-order valence-electron chi connectivity index (χ0n) is 5.97. The number of fused-ring (bicyclic) bond motifs is 1. The first-order chi connectivity index (χ1) is 5.70. The van der Waals surface area contributed by atoms with Gasteiger partial charge in [-0.2, -0.15) is 0 Å². The highest BCUT2D eigenvalue weighted by atomic mass is 127. The van der Waals surface area contributed by atoms with E-state index in [2.05, 4.69) is 28.0 Å². The van der Waals surface area contributed by atoms with Crippen LogP contribution in [0.2, 0.25) is 5.02 Å². The van der Waals surface area contributed by atoms with Gasteiger partial charge in [-0.25, -0.2) is 0 Å². The number of rotatable bonds is 0. The first kappa shape index (κ1) is 8.59. The largest absolute Gasteiger partial charge is 0.397 e. The molecule has 0 fully saturated rings. The van der Waals surface area contributed by atoms with E-state index in [9.17, 15) is 0 Å². The molecule has 0 spiro atoms. The molecule has 1 heterocycles. The van der Waals surface area contributed by atoms with Gasteiger partial charge >= 0.3 is 0 Å². The fraction of sp³-hybridized carbons (Fsp3) is 0. The zero-order valence-corrected chi connectivity index (χ0v) is 9.70. The normalized spacial score (nSPS) is 10.8. The van der Waals surface area contributed by atoms with Gasteiger partial charge in [0.05, 0.1) is 10.7 Å². The standard InChI is InChI=1S/C8H5ClINS/c9-4-1-2-6-7(8(4)11)5(10)3-12-6/h1-3H,11H2. The van der Waals surface area contributed by atoms with Crippen LogP contribution in [0.25, 0.3) is 10.1 Å². The maximum Gasteiger partial charge on any atom is 0.0643 e. The highest BCUT2D eigenvalue weighted by Crippen LogP contribution is 2.35. The number of nitrogen functional groups attached to an aromatic ring is 1. The van der Waals surface area contributed by atoms with Crippen molar-refractivity contribution in [2.75, 3.05) is 5.73 Å². The zero-order chi connectivity index (χ0) is 8.72. The Morgan fingerprint density at radius 1 is 1.42 bits per heavy atom. The van der Waals surface area contributed by atoms with Crippen LogP contribution in [0.5, 0.6) is 0 Å². The van der Waals surface area contributed by atoms with Crippen molar-refractivity contribution in [2.24, 2.45) is 0 Å². The minimum absolute atomic E-state index is 0.638. The Balaban J connectivity index is 2.96. The van der Waals surface area contributed by atoms with Crippen LogP contribution in [0, 0.1) is 3.57 Å². The first-order valence-corrected chi connectivity index (χ1v) is 5.64. The summed E-state index contributed by atoms with van der Waals surface area (Å²) in [6.45, 7) is 0.